The van der Waals surface area contributed by atoms with Crippen molar-refractivity contribution in [1.82, 2.24) is 0 Å². The number of carbonyl (C=O) groups is 2. The van der Waals surface area contributed by atoms with Crippen molar-refractivity contribution < 1.29 is 23.8 Å². The number of allylic oxidation sites excluding steroid dienone is 3. The first-order valence-corrected chi connectivity index (χ1v) is 7.34. The van der Waals surface area contributed by atoms with Gasteiger partial charge in [0.1, 0.15) is 5.82 Å². The van der Waals surface area contributed by atoms with Gasteiger partial charge in [-0.3, -0.25) is 4.79 Å². The number of ether oxygens (including phenoxy) is 1. The van der Waals surface area contributed by atoms with Crippen molar-refractivity contribution in [2.24, 2.45) is 0 Å². The number of hydrogen-bond donors (Lipinski definition) is 1. The van der Waals surface area contributed by atoms with Crippen molar-refractivity contribution >= 4 is 23.5 Å². The Bertz CT molecular complexity index is 576. The summed E-state index contributed by atoms with van der Waals surface area (Å²) in [5.74, 6) is -2.20. The minimum absolute atomic E-state index is 0.143. The van der Waals surface area contributed by atoms with E-state index >= 15 is 0 Å². The quantitative estimate of drug-likeness (QED) is 0.287. The third kappa shape index (κ3) is 5.07. The molecule has 6 heteroatoms. The van der Waals surface area contributed by atoms with E-state index in [1.54, 1.807) is 13.2 Å². The fraction of sp³-hybridized carbons (Fsp3) is 0.200. The number of esters is 1. The number of halogens is 1. The van der Waals surface area contributed by atoms with E-state index in [-0.39, 0.29) is 12.4 Å². The standard InChI is InChI=1S/C15H15FO4S/c1-3-20-15(19)12(17)8-9-13(21-2)14(18)10-4-6-11(16)7-5-10/h4-9,17H,3H2,1-2H3. The second kappa shape index (κ2) is 8.26. The van der Waals surface area contributed by atoms with Gasteiger partial charge in [0, 0.05) is 5.56 Å². The summed E-state index contributed by atoms with van der Waals surface area (Å²) in [5, 5.41) is 9.45. The smallest absolute Gasteiger partial charge is 0.373 e. The van der Waals surface area contributed by atoms with Crippen molar-refractivity contribution in [2.75, 3.05) is 12.9 Å². The Balaban J connectivity index is 2.93. The minimum atomic E-state index is -0.858. The molecule has 0 saturated heterocycles. The summed E-state index contributed by atoms with van der Waals surface area (Å²) < 4.78 is 17.4. The van der Waals surface area contributed by atoms with Crippen molar-refractivity contribution in [1.29, 1.82) is 0 Å². The van der Waals surface area contributed by atoms with Crippen LogP contribution in [0.1, 0.15) is 17.3 Å². The lowest BCUT2D eigenvalue weighted by Crippen LogP contribution is -2.07. The maximum absolute atomic E-state index is 12.8. The lowest BCUT2D eigenvalue weighted by atomic mass is 10.1. The summed E-state index contributed by atoms with van der Waals surface area (Å²) in [6.45, 7) is 1.76. The molecule has 0 aliphatic rings. The molecule has 1 rings (SSSR count). The number of thioether (sulfide) groups is 1. The summed E-state index contributed by atoms with van der Waals surface area (Å²) in [6.07, 6.45) is 4.11. The fourth-order valence-corrected chi connectivity index (χ4v) is 1.92. The molecule has 0 atom stereocenters. The molecule has 1 N–H and O–H groups in total. The summed E-state index contributed by atoms with van der Waals surface area (Å²) in [4.78, 5) is 23.7. The second-order valence-electron chi connectivity index (χ2n) is 3.84. The van der Waals surface area contributed by atoms with Gasteiger partial charge in [-0.2, -0.15) is 0 Å². The Morgan fingerprint density at radius 3 is 2.43 bits per heavy atom. The van der Waals surface area contributed by atoms with E-state index in [0.29, 0.717) is 10.5 Å². The Hall–Kier alpha value is -2.08. The van der Waals surface area contributed by atoms with Gasteiger partial charge in [-0.15, -0.1) is 11.8 Å². The van der Waals surface area contributed by atoms with E-state index in [1.807, 2.05) is 0 Å². The number of rotatable bonds is 6. The summed E-state index contributed by atoms with van der Waals surface area (Å²) >= 11 is 1.15. The van der Waals surface area contributed by atoms with E-state index in [9.17, 15) is 19.1 Å². The van der Waals surface area contributed by atoms with Gasteiger partial charge in [-0.1, -0.05) is 0 Å². The first kappa shape index (κ1) is 17.0. The molecule has 0 heterocycles. The molecule has 0 aliphatic carbocycles. The van der Waals surface area contributed by atoms with Crippen molar-refractivity contribution in [3.05, 3.63) is 58.5 Å². The predicted octanol–water partition coefficient (Wildman–Crippen LogP) is 3.26. The molecule has 4 nitrogen and oxygen atoms in total. The van der Waals surface area contributed by atoms with E-state index in [1.165, 1.54) is 30.3 Å². The maximum Gasteiger partial charge on any atom is 0.373 e. The Morgan fingerprint density at radius 2 is 1.90 bits per heavy atom. The van der Waals surface area contributed by atoms with Gasteiger partial charge < -0.3 is 9.84 Å². The van der Waals surface area contributed by atoms with Gasteiger partial charge in [0.25, 0.3) is 0 Å². The number of benzene rings is 1. The number of carbonyl (C=O) groups excluding carboxylic acids is 2. The van der Waals surface area contributed by atoms with Crippen LogP contribution in [0, 0.1) is 5.82 Å². The van der Waals surface area contributed by atoms with Gasteiger partial charge in [0.2, 0.25) is 5.76 Å². The van der Waals surface area contributed by atoms with Crippen LogP contribution < -0.4 is 0 Å². The molecule has 21 heavy (non-hydrogen) atoms. The minimum Gasteiger partial charge on any atom is -0.502 e. The van der Waals surface area contributed by atoms with Gasteiger partial charge in [-0.25, -0.2) is 9.18 Å². The first-order chi connectivity index (χ1) is 9.99. The van der Waals surface area contributed by atoms with Crippen LogP contribution in [0.25, 0.3) is 0 Å². The maximum atomic E-state index is 12.8. The molecule has 1 aromatic rings. The third-order valence-electron chi connectivity index (χ3n) is 2.43. The van der Waals surface area contributed by atoms with Crippen molar-refractivity contribution in [3.8, 4) is 0 Å². The molecule has 0 bridgehead atoms. The normalized spacial score (nSPS) is 12.1. The van der Waals surface area contributed by atoms with Gasteiger partial charge in [0.15, 0.2) is 5.78 Å². The van der Waals surface area contributed by atoms with Crippen LogP contribution in [0.4, 0.5) is 4.39 Å². The van der Waals surface area contributed by atoms with Crippen LogP contribution in [-0.2, 0) is 9.53 Å². The topological polar surface area (TPSA) is 63.6 Å². The highest BCUT2D eigenvalue weighted by Crippen LogP contribution is 2.19. The molecule has 0 aliphatic heterocycles. The van der Waals surface area contributed by atoms with Gasteiger partial charge in [0.05, 0.1) is 11.5 Å². The van der Waals surface area contributed by atoms with Crippen LogP contribution in [0.5, 0.6) is 0 Å². The molecule has 0 fully saturated rings. The lowest BCUT2D eigenvalue weighted by Gasteiger charge is -2.03. The van der Waals surface area contributed by atoms with Crippen LogP contribution in [0.2, 0.25) is 0 Å². The monoisotopic (exact) mass is 310 g/mol. The molecule has 0 amide bonds. The van der Waals surface area contributed by atoms with E-state index in [4.69, 9.17) is 0 Å². The number of aliphatic hydroxyl groups excluding tert-OH is 1. The highest BCUT2D eigenvalue weighted by atomic mass is 32.2. The third-order valence-corrected chi connectivity index (χ3v) is 3.19. The lowest BCUT2D eigenvalue weighted by molar-refractivity contribution is -0.141. The SMILES string of the molecule is CCOC(=O)C(O)=CC=C(SC)C(=O)c1ccc(F)cc1. The second-order valence-corrected chi connectivity index (χ2v) is 4.69. The predicted molar refractivity (Wildman–Crippen MR) is 79.7 cm³/mol. The zero-order chi connectivity index (χ0) is 15.8. The van der Waals surface area contributed by atoms with Gasteiger partial charge >= 0.3 is 5.97 Å². The van der Waals surface area contributed by atoms with Crippen molar-refractivity contribution in [3.63, 3.8) is 0 Å². The zero-order valence-electron chi connectivity index (χ0n) is 11.6. The zero-order valence-corrected chi connectivity index (χ0v) is 12.4. The molecular formula is C15H15FO4S. The van der Waals surface area contributed by atoms with Crippen LogP contribution >= 0.6 is 11.8 Å². The molecule has 0 radical (unpaired) electrons. The Labute approximate surface area is 126 Å². The number of ketones is 1. The van der Waals surface area contributed by atoms with Crippen LogP contribution in [0.15, 0.2) is 47.1 Å². The van der Waals surface area contributed by atoms with E-state index in [0.717, 1.165) is 17.8 Å². The average molecular weight is 310 g/mol. The number of Topliss-reactive ketones (excluding diaryl/α,β-unsaturated/α-hetero) is 1. The van der Waals surface area contributed by atoms with Crippen LogP contribution in [-0.4, -0.2) is 29.7 Å². The summed E-state index contributed by atoms with van der Waals surface area (Å²) in [7, 11) is 0. The largest absolute Gasteiger partial charge is 0.502 e. The number of hydrogen-bond acceptors (Lipinski definition) is 5. The molecular weight excluding hydrogens is 295 g/mol. The molecule has 0 saturated carbocycles. The van der Waals surface area contributed by atoms with Crippen molar-refractivity contribution in [2.45, 2.75) is 6.92 Å². The summed E-state index contributed by atoms with van der Waals surface area (Å²) in [6, 6.07) is 5.13. The highest BCUT2D eigenvalue weighted by molar-refractivity contribution is 8.03. The average Bonchev–Trinajstić information content (AvgIpc) is 2.48. The summed E-state index contributed by atoms with van der Waals surface area (Å²) in [5.41, 5.74) is 0.320. The van der Waals surface area contributed by atoms with Gasteiger partial charge in [-0.05, 0) is 49.6 Å². The molecule has 0 aromatic heterocycles. The Kier molecular flexibility index (Phi) is 6.68. The number of aliphatic hydroxyl groups is 1. The van der Waals surface area contributed by atoms with Crippen LogP contribution in [0.3, 0.4) is 0 Å². The Morgan fingerprint density at radius 1 is 1.29 bits per heavy atom. The molecule has 1 aromatic carbocycles. The van der Waals surface area contributed by atoms with E-state index < -0.39 is 17.5 Å². The molecule has 0 unspecified atom stereocenters. The van der Waals surface area contributed by atoms with E-state index in [2.05, 4.69) is 4.74 Å². The fourth-order valence-electron chi connectivity index (χ4n) is 1.41. The molecule has 0 spiro atoms. The molecule has 112 valence electrons. The highest BCUT2D eigenvalue weighted by Gasteiger charge is 2.12. The first-order valence-electron chi connectivity index (χ1n) is 6.12.